The predicted molar refractivity (Wildman–Crippen MR) is 85.8 cm³/mol. The maximum atomic E-state index is 4.79. The third-order valence-electron chi connectivity index (χ3n) is 4.53. The molecule has 5 nitrogen and oxygen atoms in total. The van der Waals surface area contributed by atoms with E-state index in [1.165, 1.54) is 19.5 Å². The lowest BCUT2D eigenvalue weighted by Gasteiger charge is -2.32. The highest BCUT2D eigenvalue weighted by Crippen LogP contribution is 2.24. The van der Waals surface area contributed by atoms with Crippen molar-refractivity contribution in [3.63, 3.8) is 0 Å². The summed E-state index contributed by atoms with van der Waals surface area (Å²) in [5, 5.41) is 3.43. The van der Waals surface area contributed by atoms with E-state index in [2.05, 4.69) is 40.9 Å². The van der Waals surface area contributed by atoms with Crippen molar-refractivity contribution >= 4 is 5.95 Å². The predicted octanol–water partition coefficient (Wildman–Crippen LogP) is 1.26. The summed E-state index contributed by atoms with van der Waals surface area (Å²) < 4.78 is 0. The fraction of sp³-hybridized carbons (Fsp3) is 0.750. The third kappa shape index (κ3) is 3.35. The van der Waals surface area contributed by atoms with E-state index in [1.807, 2.05) is 12.3 Å². The molecule has 2 aliphatic rings. The van der Waals surface area contributed by atoms with Crippen molar-refractivity contribution in [1.82, 2.24) is 20.2 Å². The van der Waals surface area contributed by atoms with Crippen LogP contribution in [0.2, 0.25) is 0 Å². The quantitative estimate of drug-likeness (QED) is 0.888. The number of anilines is 1. The zero-order valence-corrected chi connectivity index (χ0v) is 13.5. The second kappa shape index (κ2) is 5.89. The number of piperazine rings is 1. The molecule has 0 aliphatic carbocycles. The Hall–Kier alpha value is -1.20. The van der Waals surface area contributed by atoms with Crippen LogP contribution in [0.3, 0.4) is 0 Å². The molecule has 21 heavy (non-hydrogen) atoms. The Morgan fingerprint density at radius 1 is 1.19 bits per heavy atom. The number of aromatic nitrogens is 2. The first-order valence-electron chi connectivity index (χ1n) is 8.07. The molecule has 1 aromatic rings. The van der Waals surface area contributed by atoms with E-state index in [9.17, 15) is 0 Å². The summed E-state index contributed by atoms with van der Waals surface area (Å²) in [5.74, 6) is 0.903. The molecule has 1 aromatic heterocycles. The minimum absolute atomic E-state index is 0.0787. The van der Waals surface area contributed by atoms with Gasteiger partial charge in [0.1, 0.15) is 0 Å². The topological polar surface area (TPSA) is 44.3 Å². The molecule has 0 amide bonds. The molecule has 5 heteroatoms. The average Bonchev–Trinajstić information content (AvgIpc) is 2.97. The van der Waals surface area contributed by atoms with Crippen molar-refractivity contribution in [1.29, 1.82) is 0 Å². The standard InChI is InChI=1S/C16H27N5/c1-16(2,3)14-4-6-18-15(19-14)21-9-5-13(12-21)20-10-7-17-8-11-20/h4,6,13,17H,5,7-12H2,1-3H3. The summed E-state index contributed by atoms with van der Waals surface area (Å²) in [6, 6.07) is 2.70. The van der Waals surface area contributed by atoms with E-state index in [4.69, 9.17) is 4.98 Å². The molecule has 0 aromatic carbocycles. The van der Waals surface area contributed by atoms with Crippen LogP contribution in [0.5, 0.6) is 0 Å². The molecule has 0 bridgehead atoms. The third-order valence-corrected chi connectivity index (χ3v) is 4.53. The fourth-order valence-electron chi connectivity index (χ4n) is 3.19. The number of nitrogens with one attached hydrogen (secondary N) is 1. The second-order valence-corrected chi connectivity index (χ2v) is 7.17. The molecule has 2 aliphatic heterocycles. The van der Waals surface area contributed by atoms with Gasteiger partial charge in [-0.3, -0.25) is 4.90 Å². The fourth-order valence-corrected chi connectivity index (χ4v) is 3.19. The SMILES string of the molecule is CC(C)(C)c1ccnc(N2CCC(N3CCNCC3)C2)n1. The van der Waals surface area contributed by atoms with Crippen molar-refractivity contribution < 1.29 is 0 Å². The molecule has 1 unspecified atom stereocenters. The minimum Gasteiger partial charge on any atom is -0.339 e. The summed E-state index contributed by atoms with van der Waals surface area (Å²) in [7, 11) is 0. The highest BCUT2D eigenvalue weighted by atomic mass is 15.3. The van der Waals surface area contributed by atoms with Crippen LogP contribution in [-0.4, -0.2) is 60.2 Å². The van der Waals surface area contributed by atoms with Crippen molar-refractivity contribution in [3.05, 3.63) is 18.0 Å². The first-order chi connectivity index (χ1) is 10.0. The molecule has 116 valence electrons. The summed E-state index contributed by atoms with van der Waals surface area (Å²) in [5.41, 5.74) is 1.20. The molecule has 0 saturated carbocycles. The van der Waals surface area contributed by atoms with Crippen LogP contribution in [0.4, 0.5) is 5.95 Å². The van der Waals surface area contributed by atoms with E-state index in [0.717, 1.165) is 37.8 Å². The van der Waals surface area contributed by atoms with E-state index in [1.54, 1.807) is 0 Å². The van der Waals surface area contributed by atoms with Gasteiger partial charge in [0.25, 0.3) is 0 Å². The van der Waals surface area contributed by atoms with Gasteiger partial charge >= 0.3 is 0 Å². The monoisotopic (exact) mass is 289 g/mol. The zero-order valence-electron chi connectivity index (χ0n) is 13.5. The maximum absolute atomic E-state index is 4.79. The van der Waals surface area contributed by atoms with E-state index in [-0.39, 0.29) is 5.41 Å². The lowest BCUT2D eigenvalue weighted by molar-refractivity contribution is 0.185. The van der Waals surface area contributed by atoms with Gasteiger partial charge in [-0.2, -0.15) is 0 Å². The highest BCUT2D eigenvalue weighted by molar-refractivity contribution is 5.34. The van der Waals surface area contributed by atoms with Gasteiger partial charge in [-0.05, 0) is 12.5 Å². The summed E-state index contributed by atoms with van der Waals surface area (Å²) in [4.78, 5) is 14.3. The van der Waals surface area contributed by atoms with Crippen molar-refractivity contribution in [2.24, 2.45) is 0 Å². The molecular weight excluding hydrogens is 262 g/mol. The van der Waals surface area contributed by atoms with Crippen LogP contribution < -0.4 is 10.2 Å². The van der Waals surface area contributed by atoms with Gasteiger partial charge in [0.05, 0.1) is 5.69 Å². The molecule has 0 radical (unpaired) electrons. The molecule has 3 heterocycles. The summed E-state index contributed by atoms with van der Waals surface area (Å²) in [6.07, 6.45) is 3.13. The Morgan fingerprint density at radius 2 is 1.95 bits per heavy atom. The first-order valence-corrected chi connectivity index (χ1v) is 8.07. The van der Waals surface area contributed by atoms with Crippen molar-refractivity contribution in [2.45, 2.75) is 38.6 Å². The van der Waals surface area contributed by atoms with Gasteiger partial charge in [-0.1, -0.05) is 20.8 Å². The van der Waals surface area contributed by atoms with Crippen LogP contribution in [0.25, 0.3) is 0 Å². The van der Waals surface area contributed by atoms with Crippen LogP contribution in [-0.2, 0) is 5.41 Å². The minimum atomic E-state index is 0.0787. The Balaban J connectivity index is 1.68. The Kier molecular flexibility index (Phi) is 4.13. The number of rotatable bonds is 2. The largest absolute Gasteiger partial charge is 0.339 e. The van der Waals surface area contributed by atoms with E-state index < -0.39 is 0 Å². The van der Waals surface area contributed by atoms with Gasteiger partial charge < -0.3 is 10.2 Å². The normalized spacial score (nSPS) is 24.5. The van der Waals surface area contributed by atoms with Gasteiger partial charge in [-0.15, -0.1) is 0 Å². The highest BCUT2D eigenvalue weighted by Gasteiger charge is 2.30. The zero-order chi connectivity index (χ0) is 14.9. The van der Waals surface area contributed by atoms with Gasteiger partial charge in [0, 0.05) is 56.9 Å². The van der Waals surface area contributed by atoms with Crippen LogP contribution >= 0.6 is 0 Å². The maximum Gasteiger partial charge on any atom is 0.225 e. The molecule has 3 rings (SSSR count). The molecule has 2 saturated heterocycles. The lowest BCUT2D eigenvalue weighted by Crippen LogP contribution is -2.49. The Labute approximate surface area is 127 Å². The smallest absolute Gasteiger partial charge is 0.225 e. The number of nitrogens with zero attached hydrogens (tertiary/aromatic N) is 4. The molecule has 0 spiro atoms. The first kappa shape index (κ1) is 14.7. The van der Waals surface area contributed by atoms with Gasteiger partial charge in [-0.25, -0.2) is 9.97 Å². The number of hydrogen-bond acceptors (Lipinski definition) is 5. The van der Waals surface area contributed by atoms with Gasteiger partial charge in [0.2, 0.25) is 5.95 Å². The number of hydrogen-bond donors (Lipinski definition) is 1. The van der Waals surface area contributed by atoms with Crippen molar-refractivity contribution in [2.75, 3.05) is 44.2 Å². The van der Waals surface area contributed by atoms with E-state index >= 15 is 0 Å². The summed E-state index contributed by atoms with van der Waals surface area (Å²) >= 11 is 0. The van der Waals surface area contributed by atoms with Gasteiger partial charge in [0.15, 0.2) is 0 Å². The molecule has 1 N–H and O–H groups in total. The summed E-state index contributed by atoms with van der Waals surface area (Å²) in [6.45, 7) is 13.3. The average molecular weight is 289 g/mol. The van der Waals surface area contributed by atoms with Crippen LogP contribution in [0, 0.1) is 0 Å². The van der Waals surface area contributed by atoms with Crippen LogP contribution in [0.1, 0.15) is 32.9 Å². The lowest BCUT2D eigenvalue weighted by atomic mass is 9.92. The molecular formula is C16H27N5. The van der Waals surface area contributed by atoms with Crippen molar-refractivity contribution in [3.8, 4) is 0 Å². The Morgan fingerprint density at radius 3 is 2.67 bits per heavy atom. The second-order valence-electron chi connectivity index (χ2n) is 7.17. The van der Waals surface area contributed by atoms with Crippen LogP contribution in [0.15, 0.2) is 12.3 Å². The molecule has 1 atom stereocenters. The van der Waals surface area contributed by atoms with E-state index in [0.29, 0.717) is 6.04 Å². The Bertz CT molecular complexity index is 476. The molecule has 2 fully saturated rings.